The molecule has 1 aliphatic carbocycles. The molecule has 2 aliphatic rings. The molecule has 0 bridgehead atoms. The molecule has 2 heterocycles. The molecule has 0 saturated carbocycles. The summed E-state index contributed by atoms with van der Waals surface area (Å²) in [5.41, 5.74) is 3.84. The third-order valence-electron chi connectivity index (χ3n) is 7.11. The van der Waals surface area contributed by atoms with Gasteiger partial charge in [0, 0.05) is 62.2 Å². The minimum Gasteiger partial charge on any atom is -0.481 e. The van der Waals surface area contributed by atoms with Crippen LogP contribution in [0, 0.1) is 5.92 Å². The van der Waals surface area contributed by atoms with E-state index < -0.39 is 5.97 Å². The first-order valence-corrected chi connectivity index (χ1v) is 13.0. The number of aromatic nitrogens is 1. The number of imide groups is 1. The van der Waals surface area contributed by atoms with E-state index in [1.165, 1.54) is 21.4 Å². The van der Waals surface area contributed by atoms with Crippen molar-refractivity contribution in [1.29, 1.82) is 0 Å². The van der Waals surface area contributed by atoms with Crippen molar-refractivity contribution in [2.24, 2.45) is 5.92 Å². The highest BCUT2D eigenvalue weighted by atomic mass is 16.4. The zero-order valence-corrected chi connectivity index (χ0v) is 22.5. The first-order valence-electron chi connectivity index (χ1n) is 13.0. The number of fused-ring (bicyclic) bond motifs is 2. The normalized spacial score (nSPS) is 20.5. The van der Waals surface area contributed by atoms with Crippen LogP contribution in [0.5, 0.6) is 0 Å². The molecule has 4 rings (SSSR count). The van der Waals surface area contributed by atoms with E-state index in [9.17, 15) is 9.59 Å². The Bertz CT molecular complexity index is 1110. The van der Waals surface area contributed by atoms with Crippen LogP contribution in [-0.2, 0) is 16.0 Å². The number of aromatic amines is 1. The number of benzene rings is 1. The quantitative estimate of drug-likeness (QED) is 0.470. The smallest absolute Gasteiger partial charge is 0.324 e. The summed E-state index contributed by atoms with van der Waals surface area (Å²) >= 11 is 0. The average molecular weight is 512 g/mol. The number of carbonyl (C=O) groups excluding carboxylic acids is 2. The van der Waals surface area contributed by atoms with E-state index in [1.54, 1.807) is 0 Å². The molecule has 1 saturated heterocycles. The molecule has 1 aromatic heterocycles. The number of carboxylic acids is 1. The van der Waals surface area contributed by atoms with Gasteiger partial charge in [-0.25, -0.2) is 4.79 Å². The summed E-state index contributed by atoms with van der Waals surface area (Å²) in [7, 11) is 4.01. The van der Waals surface area contributed by atoms with Crippen LogP contribution in [0.15, 0.2) is 37.1 Å². The largest absolute Gasteiger partial charge is 0.481 e. The summed E-state index contributed by atoms with van der Waals surface area (Å²) in [6, 6.07) is 6.50. The van der Waals surface area contributed by atoms with Crippen LogP contribution in [0.3, 0.4) is 0 Å². The number of piperidine rings is 1. The number of hydrogen-bond acceptors (Lipinski definition) is 5. The summed E-state index contributed by atoms with van der Waals surface area (Å²) in [4.78, 5) is 44.9. The van der Waals surface area contributed by atoms with Crippen LogP contribution in [0.4, 0.5) is 4.79 Å². The number of nitrogens with one attached hydrogen (secondary N) is 2. The molecule has 3 amide bonds. The summed E-state index contributed by atoms with van der Waals surface area (Å²) in [5.74, 6) is -0.847. The second kappa shape index (κ2) is 12.9. The Morgan fingerprint density at radius 1 is 1.27 bits per heavy atom. The molecule has 2 aromatic rings. The number of H-pyrrole nitrogens is 1. The lowest BCUT2D eigenvalue weighted by atomic mass is 9.72. The predicted octanol–water partition coefficient (Wildman–Crippen LogP) is 3.28. The second-order valence-electron chi connectivity index (χ2n) is 10.1. The highest BCUT2D eigenvalue weighted by molar-refractivity contribution is 5.96. The molecule has 0 spiro atoms. The monoisotopic (exact) mass is 511 g/mol. The topological polar surface area (TPSA) is 109 Å². The highest BCUT2D eigenvalue weighted by Gasteiger charge is 2.43. The molecule has 3 unspecified atom stereocenters. The van der Waals surface area contributed by atoms with Crippen molar-refractivity contribution in [3.05, 3.63) is 48.2 Å². The van der Waals surface area contributed by atoms with E-state index >= 15 is 0 Å². The third kappa shape index (κ3) is 6.78. The molecule has 0 radical (unpaired) electrons. The van der Waals surface area contributed by atoms with Gasteiger partial charge < -0.3 is 20.3 Å². The van der Waals surface area contributed by atoms with Crippen molar-refractivity contribution in [2.75, 3.05) is 46.8 Å². The fraction of sp³-hybridized carbons (Fsp3) is 0.536. The SMILES string of the molecule is C=CCN1CC(C(=O)N(CCCN(C)C)C(=O)NCC)CC2c3cccc4[nH]cc(c34)CC21.CC(=O)O. The van der Waals surface area contributed by atoms with E-state index in [0.29, 0.717) is 25.7 Å². The summed E-state index contributed by atoms with van der Waals surface area (Å²) in [6.07, 6.45) is 6.56. The molecular weight excluding hydrogens is 470 g/mol. The molecule has 37 heavy (non-hydrogen) atoms. The Hall–Kier alpha value is -3.17. The Morgan fingerprint density at radius 3 is 2.65 bits per heavy atom. The zero-order chi connectivity index (χ0) is 27.1. The number of aliphatic carboxylic acids is 1. The molecular formula is C28H41N5O4. The van der Waals surface area contributed by atoms with Gasteiger partial charge in [0.2, 0.25) is 5.91 Å². The van der Waals surface area contributed by atoms with Crippen molar-refractivity contribution >= 4 is 28.8 Å². The lowest BCUT2D eigenvalue weighted by molar-refractivity contribution is -0.136. The third-order valence-corrected chi connectivity index (χ3v) is 7.11. The van der Waals surface area contributed by atoms with Crippen LogP contribution in [0.1, 0.15) is 43.7 Å². The van der Waals surface area contributed by atoms with Gasteiger partial charge in [-0.15, -0.1) is 6.58 Å². The molecule has 1 aliphatic heterocycles. The molecule has 3 atom stereocenters. The van der Waals surface area contributed by atoms with Crippen LogP contribution in [0.2, 0.25) is 0 Å². The molecule has 9 heteroatoms. The maximum atomic E-state index is 13.7. The Labute approximate surface area is 219 Å². The van der Waals surface area contributed by atoms with E-state index in [-0.39, 0.29) is 23.8 Å². The van der Waals surface area contributed by atoms with Gasteiger partial charge >= 0.3 is 6.03 Å². The van der Waals surface area contributed by atoms with E-state index in [2.05, 4.69) is 51.1 Å². The van der Waals surface area contributed by atoms with Crippen LogP contribution in [-0.4, -0.2) is 95.6 Å². The number of carboxylic acid groups (broad SMARTS) is 1. The number of urea groups is 1. The maximum absolute atomic E-state index is 13.7. The maximum Gasteiger partial charge on any atom is 0.324 e. The van der Waals surface area contributed by atoms with Crippen LogP contribution >= 0.6 is 0 Å². The Balaban J connectivity index is 0.000000886. The molecule has 3 N–H and O–H groups in total. The van der Waals surface area contributed by atoms with Gasteiger partial charge in [-0.05, 0) is 64.0 Å². The van der Waals surface area contributed by atoms with Crippen molar-refractivity contribution in [3.63, 3.8) is 0 Å². The summed E-state index contributed by atoms with van der Waals surface area (Å²) in [5, 5.41) is 11.6. The number of likely N-dealkylation sites (tertiary alicyclic amines) is 1. The van der Waals surface area contributed by atoms with Gasteiger partial charge in [-0.3, -0.25) is 19.4 Å². The van der Waals surface area contributed by atoms with Crippen LogP contribution in [0.25, 0.3) is 10.9 Å². The molecule has 9 nitrogen and oxygen atoms in total. The van der Waals surface area contributed by atoms with Gasteiger partial charge in [0.25, 0.3) is 5.97 Å². The fourth-order valence-corrected chi connectivity index (χ4v) is 5.68. The first-order chi connectivity index (χ1) is 17.7. The first kappa shape index (κ1) is 28.4. The minimum absolute atomic E-state index is 0.0562. The van der Waals surface area contributed by atoms with Crippen molar-refractivity contribution in [2.45, 2.75) is 45.1 Å². The van der Waals surface area contributed by atoms with Crippen molar-refractivity contribution < 1.29 is 19.5 Å². The minimum atomic E-state index is -0.833. The molecule has 1 fully saturated rings. The van der Waals surface area contributed by atoms with E-state index in [4.69, 9.17) is 9.90 Å². The summed E-state index contributed by atoms with van der Waals surface area (Å²) < 4.78 is 0. The predicted molar refractivity (Wildman–Crippen MR) is 146 cm³/mol. The van der Waals surface area contributed by atoms with Crippen LogP contribution < -0.4 is 5.32 Å². The van der Waals surface area contributed by atoms with Gasteiger partial charge in [0.05, 0.1) is 5.92 Å². The number of rotatable bonds is 8. The molecule has 1 aromatic carbocycles. The van der Waals surface area contributed by atoms with Gasteiger partial charge in [-0.2, -0.15) is 0 Å². The van der Waals surface area contributed by atoms with Gasteiger partial charge in [-0.1, -0.05) is 18.2 Å². The Morgan fingerprint density at radius 2 is 2.00 bits per heavy atom. The lowest BCUT2D eigenvalue weighted by Crippen LogP contribution is -2.55. The number of nitrogens with zero attached hydrogens (tertiary/aromatic N) is 3. The number of amides is 3. The molecule has 202 valence electrons. The van der Waals surface area contributed by atoms with Gasteiger partial charge in [0.15, 0.2) is 0 Å². The highest BCUT2D eigenvalue weighted by Crippen LogP contribution is 2.45. The van der Waals surface area contributed by atoms with Crippen molar-refractivity contribution in [3.8, 4) is 0 Å². The average Bonchev–Trinajstić information content (AvgIpc) is 3.26. The number of hydrogen-bond donors (Lipinski definition) is 3. The zero-order valence-electron chi connectivity index (χ0n) is 22.5. The lowest BCUT2D eigenvalue weighted by Gasteiger charge is -2.47. The second-order valence-corrected chi connectivity index (χ2v) is 10.1. The van der Waals surface area contributed by atoms with Gasteiger partial charge in [0.1, 0.15) is 0 Å². The van der Waals surface area contributed by atoms with Crippen molar-refractivity contribution in [1.82, 2.24) is 25.0 Å². The standard InChI is InChI=1S/C26H37N5O2.C2H4O2/c1-5-11-30-17-19(25(32)31(26(33)27-6-2)13-8-12-29(3)4)14-21-20-9-7-10-22-24(20)18(16-28-22)15-23(21)30;1-2(3)4/h5,7,9-10,16,19,21,23,28H,1,6,8,11-15,17H2,2-4H3,(H,27,33);1H3,(H,3,4). The Kier molecular flexibility index (Phi) is 9.88. The summed E-state index contributed by atoms with van der Waals surface area (Å²) in [6.45, 7) is 10.1. The fourth-order valence-electron chi connectivity index (χ4n) is 5.68. The van der Waals surface area contributed by atoms with E-state index in [1.807, 2.05) is 27.1 Å². The van der Waals surface area contributed by atoms with E-state index in [0.717, 1.165) is 44.8 Å². The number of carbonyl (C=O) groups is 3.